The number of esters is 2. The van der Waals surface area contributed by atoms with Crippen LogP contribution in [0.15, 0.2) is 30.3 Å². The highest BCUT2D eigenvalue weighted by Crippen LogP contribution is 2.48. The van der Waals surface area contributed by atoms with Crippen LogP contribution in [0.5, 0.6) is 5.75 Å². The van der Waals surface area contributed by atoms with Crippen LogP contribution in [0.3, 0.4) is 0 Å². The third-order valence-electron chi connectivity index (χ3n) is 3.59. The van der Waals surface area contributed by atoms with Crippen LogP contribution in [0.2, 0.25) is 0 Å². The van der Waals surface area contributed by atoms with Gasteiger partial charge < -0.3 is 14.0 Å². The predicted octanol–water partition coefficient (Wildman–Crippen LogP) is 3.14. The zero-order valence-corrected chi connectivity index (χ0v) is 16.0. The van der Waals surface area contributed by atoms with Gasteiger partial charge in [0.05, 0.1) is 19.9 Å². The highest BCUT2D eigenvalue weighted by Gasteiger charge is 2.35. The molecule has 0 aliphatic heterocycles. The van der Waals surface area contributed by atoms with E-state index in [0.29, 0.717) is 12.2 Å². The second-order valence-corrected chi connectivity index (χ2v) is 8.44. The van der Waals surface area contributed by atoms with Crippen molar-refractivity contribution in [2.24, 2.45) is 0 Å². The highest BCUT2D eigenvalue weighted by molar-refractivity contribution is 7.58. The molecular formula is C17H26NO6P. The van der Waals surface area contributed by atoms with E-state index in [0.717, 1.165) is 0 Å². The molecule has 0 heterocycles. The molecule has 25 heavy (non-hydrogen) atoms. The Morgan fingerprint density at radius 1 is 1.12 bits per heavy atom. The first-order valence-corrected chi connectivity index (χ1v) is 9.78. The summed E-state index contributed by atoms with van der Waals surface area (Å²) in [5.41, 5.74) is -0.361. The number of ether oxygens (including phenoxy) is 2. The van der Waals surface area contributed by atoms with Crippen molar-refractivity contribution in [3.05, 3.63) is 30.3 Å². The average Bonchev–Trinajstić information content (AvgIpc) is 2.60. The molecule has 0 amide bonds. The van der Waals surface area contributed by atoms with E-state index in [1.807, 2.05) is 6.07 Å². The molecule has 0 radical (unpaired) electrons. The third-order valence-corrected chi connectivity index (χ3v) is 6.10. The summed E-state index contributed by atoms with van der Waals surface area (Å²) in [6.07, 6.45) is 0.830. The summed E-state index contributed by atoms with van der Waals surface area (Å²) < 4.78 is 28.3. The van der Waals surface area contributed by atoms with E-state index in [9.17, 15) is 14.2 Å². The first-order valence-electron chi connectivity index (χ1n) is 8.09. The Balaban J connectivity index is 2.86. The highest BCUT2D eigenvalue weighted by atomic mass is 31.2. The van der Waals surface area contributed by atoms with Crippen molar-refractivity contribution in [3.8, 4) is 5.75 Å². The maximum Gasteiger partial charge on any atom is 0.323 e. The van der Waals surface area contributed by atoms with Gasteiger partial charge in [-0.3, -0.25) is 14.2 Å². The van der Waals surface area contributed by atoms with Crippen molar-refractivity contribution in [1.29, 1.82) is 0 Å². The summed E-state index contributed by atoms with van der Waals surface area (Å²) in [5.74, 6) is -0.469. The van der Waals surface area contributed by atoms with Gasteiger partial charge in [-0.25, -0.2) is 5.09 Å². The quantitative estimate of drug-likeness (QED) is 0.499. The maximum absolute atomic E-state index is 13.2. The number of benzene rings is 1. The molecule has 140 valence electrons. The first-order chi connectivity index (χ1) is 11.8. The maximum atomic E-state index is 13.2. The number of carbonyl (C=O) groups excluding carboxylic acids is 2. The molecule has 0 aromatic heterocycles. The Bertz CT molecular complexity index is 604. The van der Waals surface area contributed by atoms with Crippen molar-refractivity contribution >= 4 is 19.5 Å². The van der Waals surface area contributed by atoms with Gasteiger partial charge in [-0.2, -0.15) is 0 Å². The molecule has 7 nitrogen and oxygen atoms in total. The number of rotatable bonds is 10. The van der Waals surface area contributed by atoms with Crippen LogP contribution in [-0.2, 0) is 23.6 Å². The molecule has 0 bridgehead atoms. The van der Waals surface area contributed by atoms with Crippen LogP contribution < -0.4 is 9.61 Å². The number of carbonyl (C=O) groups is 2. The van der Waals surface area contributed by atoms with Crippen molar-refractivity contribution in [1.82, 2.24) is 5.09 Å². The fraction of sp³-hybridized carbons (Fsp3) is 0.529. The number of hydrogen-bond acceptors (Lipinski definition) is 6. The standard InChI is InChI=1S/C17H26NO6P/c1-13(2)25(21,24-14-9-6-5-7-10-14)18-15(17(20)23-4)11-8-12-16(19)22-3/h5-7,9-10,13,15H,8,11-12H2,1-4H3,(H,18,21)/t15-,25?/m0/s1. The fourth-order valence-corrected chi connectivity index (χ4v) is 3.73. The van der Waals surface area contributed by atoms with Gasteiger partial charge in [0.15, 0.2) is 0 Å². The molecule has 0 saturated carbocycles. The van der Waals surface area contributed by atoms with Gasteiger partial charge in [-0.1, -0.05) is 32.0 Å². The normalized spacial score (nSPS) is 14.4. The second-order valence-electron chi connectivity index (χ2n) is 5.77. The molecule has 2 atom stereocenters. The van der Waals surface area contributed by atoms with E-state index >= 15 is 0 Å². The lowest BCUT2D eigenvalue weighted by Gasteiger charge is -2.27. The second kappa shape index (κ2) is 10.2. The summed E-state index contributed by atoms with van der Waals surface area (Å²) in [6.45, 7) is 3.50. The number of hydrogen-bond donors (Lipinski definition) is 1. The molecular weight excluding hydrogens is 345 g/mol. The van der Waals surface area contributed by atoms with Gasteiger partial charge in [0.2, 0.25) is 0 Å². The minimum Gasteiger partial charge on any atom is -0.469 e. The molecule has 0 aliphatic rings. The number of para-hydroxylation sites is 1. The van der Waals surface area contributed by atoms with Gasteiger partial charge in [0.1, 0.15) is 11.8 Å². The summed E-state index contributed by atoms with van der Waals surface area (Å²) in [4.78, 5) is 23.3. The number of methoxy groups -OCH3 is 2. The van der Waals surface area contributed by atoms with E-state index in [4.69, 9.17) is 9.26 Å². The van der Waals surface area contributed by atoms with Gasteiger partial charge in [-0.15, -0.1) is 0 Å². The van der Waals surface area contributed by atoms with E-state index < -0.39 is 19.5 Å². The molecule has 1 aromatic carbocycles. The monoisotopic (exact) mass is 371 g/mol. The fourth-order valence-electron chi connectivity index (χ4n) is 2.07. The Morgan fingerprint density at radius 2 is 1.76 bits per heavy atom. The minimum atomic E-state index is -3.37. The Labute approximate surface area is 148 Å². The molecule has 1 unspecified atom stereocenters. The molecule has 0 aliphatic carbocycles. The van der Waals surface area contributed by atoms with E-state index in [1.165, 1.54) is 14.2 Å². The lowest BCUT2D eigenvalue weighted by molar-refractivity contribution is -0.144. The molecule has 1 aromatic rings. The average molecular weight is 371 g/mol. The van der Waals surface area contributed by atoms with Crippen LogP contribution >= 0.6 is 7.52 Å². The SMILES string of the molecule is COC(=O)CCC[C@H](NP(=O)(Oc1ccccc1)C(C)C)C(=O)OC. The van der Waals surface area contributed by atoms with Crippen molar-refractivity contribution in [2.75, 3.05) is 14.2 Å². The van der Waals surface area contributed by atoms with Crippen LogP contribution in [0.25, 0.3) is 0 Å². The van der Waals surface area contributed by atoms with Gasteiger partial charge in [0, 0.05) is 6.42 Å². The molecule has 0 saturated heterocycles. The Morgan fingerprint density at radius 3 is 2.28 bits per heavy atom. The van der Waals surface area contributed by atoms with Gasteiger partial charge in [0.25, 0.3) is 0 Å². The first kappa shape index (κ1) is 21.2. The number of nitrogens with one attached hydrogen (secondary N) is 1. The van der Waals surface area contributed by atoms with E-state index in [2.05, 4.69) is 9.82 Å². The Kier molecular flexibility index (Phi) is 8.66. The van der Waals surface area contributed by atoms with Crippen molar-refractivity contribution in [3.63, 3.8) is 0 Å². The van der Waals surface area contributed by atoms with Crippen molar-refractivity contribution in [2.45, 2.75) is 44.8 Å². The zero-order valence-electron chi connectivity index (χ0n) is 15.1. The molecule has 8 heteroatoms. The molecule has 1 rings (SSSR count). The van der Waals surface area contributed by atoms with E-state index in [1.54, 1.807) is 38.1 Å². The summed E-state index contributed by atoms with van der Waals surface area (Å²) in [7, 11) is -0.810. The lowest BCUT2D eigenvalue weighted by atomic mass is 10.1. The van der Waals surface area contributed by atoms with Gasteiger partial charge >= 0.3 is 19.5 Å². The topological polar surface area (TPSA) is 90.9 Å². The van der Waals surface area contributed by atoms with Crippen LogP contribution in [0.1, 0.15) is 33.1 Å². The van der Waals surface area contributed by atoms with Crippen LogP contribution in [0, 0.1) is 0 Å². The zero-order chi connectivity index (χ0) is 18.9. The lowest BCUT2D eigenvalue weighted by Crippen LogP contribution is -2.38. The van der Waals surface area contributed by atoms with Crippen molar-refractivity contribution < 1.29 is 28.2 Å². The van der Waals surface area contributed by atoms with Crippen LogP contribution in [0.4, 0.5) is 0 Å². The van der Waals surface area contributed by atoms with Crippen LogP contribution in [-0.4, -0.2) is 37.9 Å². The molecule has 0 spiro atoms. The molecule has 1 N–H and O–H groups in total. The van der Waals surface area contributed by atoms with Gasteiger partial charge in [-0.05, 0) is 25.0 Å². The largest absolute Gasteiger partial charge is 0.469 e. The Hall–Kier alpha value is -1.85. The summed E-state index contributed by atoms with van der Waals surface area (Å²) in [6, 6.07) is 7.92. The summed E-state index contributed by atoms with van der Waals surface area (Å²) >= 11 is 0. The smallest absolute Gasteiger partial charge is 0.323 e. The third kappa shape index (κ3) is 6.88. The predicted molar refractivity (Wildman–Crippen MR) is 94.6 cm³/mol. The van der Waals surface area contributed by atoms with E-state index in [-0.39, 0.29) is 24.5 Å². The minimum absolute atomic E-state index is 0.164. The summed E-state index contributed by atoms with van der Waals surface area (Å²) in [5, 5.41) is 2.83. The molecule has 0 fully saturated rings.